The lowest BCUT2D eigenvalue weighted by molar-refractivity contribution is -0.116. The fourth-order valence-electron chi connectivity index (χ4n) is 3.80. The van der Waals surface area contributed by atoms with Crippen LogP contribution in [0.2, 0.25) is 0 Å². The maximum Gasteiger partial charge on any atom is 0.245 e. The number of anilines is 3. The van der Waals surface area contributed by atoms with Crippen LogP contribution in [0.4, 0.5) is 17.6 Å². The summed E-state index contributed by atoms with van der Waals surface area (Å²) in [5, 5.41) is 19.5. The highest BCUT2D eigenvalue weighted by atomic mass is 16.2. The SMILES string of the molecule is CCn1nc(C)cc1NC(=O)Cn1cnc2c(NCc3nc4cc(C#N)ccc4[nH]3)nc(N)nc21. The summed E-state index contributed by atoms with van der Waals surface area (Å²) < 4.78 is 3.33. The Labute approximate surface area is 199 Å². The normalized spacial score (nSPS) is 11.1. The molecule has 0 atom stereocenters. The van der Waals surface area contributed by atoms with Crippen LogP contribution in [0.5, 0.6) is 0 Å². The van der Waals surface area contributed by atoms with E-state index in [0.717, 1.165) is 11.2 Å². The molecule has 0 aliphatic rings. The first-order chi connectivity index (χ1) is 16.9. The molecule has 13 heteroatoms. The van der Waals surface area contributed by atoms with Crippen LogP contribution in [-0.2, 0) is 24.4 Å². The number of aromatic nitrogens is 8. The van der Waals surface area contributed by atoms with E-state index >= 15 is 0 Å². The molecule has 5 rings (SSSR count). The van der Waals surface area contributed by atoms with E-state index in [2.05, 4.69) is 46.7 Å². The van der Waals surface area contributed by atoms with Crippen molar-refractivity contribution in [3.05, 3.63) is 47.7 Å². The van der Waals surface area contributed by atoms with Gasteiger partial charge in [-0.1, -0.05) is 0 Å². The molecule has 13 nitrogen and oxygen atoms in total. The molecular weight excluding hydrogens is 448 g/mol. The maximum atomic E-state index is 12.7. The van der Waals surface area contributed by atoms with Gasteiger partial charge in [0.2, 0.25) is 11.9 Å². The third-order valence-electron chi connectivity index (χ3n) is 5.35. The fraction of sp³-hybridized carbons (Fsp3) is 0.227. The highest BCUT2D eigenvalue weighted by Gasteiger charge is 2.16. The van der Waals surface area contributed by atoms with Crippen molar-refractivity contribution in [2.75, 3.05) is 16.4 Å². The zero-order valence-electron chi connectivity index (χ0n) is 19.1. The Balaban J connectivity index is 1.35. The van der Waals surface area contributed by atoms with Gasteiger partial charge in [0.1, 0.15) is 18.2 Å². The van der Waals surface area contributed by atoms with Gasteiger partial charge in [0.05, 0.1) is 41.2 Å². The number of carbonyl (C=O) groups is 1. The Morgan fingerprint density at radius 1 is 1.26 bits per heavy atom. The van der Waals surface area contributed by atoms with Crippen LogP contribution in [-0.4, -0.2) is 45.2 Å². The molecule has 5 N–H and O–H groups in total. The van der Waals surface area contributed by atoms with Gasteiger partial charge >= 0.3 is 0 Å². The lowest BCUT2D eigenvalue weighted by Gasteiger charge is -2.09. The van der Waals surface area contributed by atoms with E-state index < -0.39 is 0 Å². The molecule has 0 saturated heterocycles. The number of nitriles is 1. The highest BCUT2D eigenvalue weighted by Crippen LogP contribution is 2.21. The number of nitrogen functional groups attached to an aromatic ring is 1. The zero-order chi connectivity index (χ0) is 24.5. The standard InChI is InChI=1S/C22H22N12O/c1-3-34-17(6-12(2)32-34)29-18(35)10-33-11-26-19-20(30-22(24)31-21(19)33)25-9-16-27-14-5-4-13(8-23)7-15(14)28-16/h4-7,11H,3,9-10H2,1-2H3,(H,27,28)(H,29,35)(H3,24,25,30,31). The third-order valence-corrected chi connectivity index (χ3v) is 5.35. The van der Waals surface area contributed by atoms with Crippen LogP contribution in [0.3, 0.4) is 0 Å². The molecule has 0 bridgehead atoms. The summed E-state index contributed by atoms with van der Waals surface area (Å²) in [6, 6.07) is 9.18. The Kier molecular flexibility index (Phi) is 5.46. The van der Waals surface area contributed by atoms with Gasteiger partial charge in [0, 0.05) is 12.6 Å². The number of nitrogens with zero attached hydrogens (tertiary/aromatic N) is 8. The number of rotatable bonds is 7. The Bertz CT molecular complexity index is 1600. The molecule has 0 radical (unpaired) electrons. The molecule has 0 fully saturated rings. The van der Waals surface area contributed by atoms with E-state index in [1.54, 1.807) is 21.4 Å². The average molecular weight is 471 g/mol. The van der Waals surface area contributed by atoms with Crippen molar-refractivity contribution in [1.29, 1.82) is 5.26 Å². The molecule has 0 unspecified atom stereocenters. The Hall–Kier alpha value is -4.99. The van der Waals surface area contributed by atoms with Crippen LogP contribution in [0, 0.1) is 18.3 Å². The monoisotopic (exact) mass is 470 g/mol. The topological polar surface area (TPSA) is 181 Å². The Morgan fingerprint density at radius 3 is 2.91 bits per heavy atom. The fourth-order valence-corrected chi connectivity index (χ4v) is 3.80. The van der Waals surface area contributed by atoms with Gasteiger partial charge in [0.25, 0.3) is 0 Å². The maximum absolute atomic E-state index is 12.7. The Morgan fingerprint density at radius 2 is 2.11 bits per heavy atom. The van der Waals surface area contributed by atoms with Crippen LogP contribution in [0.25, 0.3) is 22.2 Å². The first-order valence-corrected chi connectivity index (χ1v) is 10.9. The zero-order valence-corrected chi connectivity index (χ0v) is 19.1. The van der Waals surface area contributed by atoms with Crippen molar-refractivity contribution in [3.8, 4) is 6.07 Å². The van der Waals surface area contributed by atoms with Gasteiger partial charge in [-0.05, 0) is 32.0 Å². The van der Waals surface area contributed by atoms with E-state index in [9.17, 15) is 4.79 Å². The molecule has 0 spiro atoms. The van der Waals surface area contributed by atoms with Gasteiger partial charge in [-0.25, -0.2) is 14.6 Å². The first kappa shape index (κ1) is 21.8. The number of amides is 1. The molecule has 4 heterocycles. The number of aromatic amines is 1. The van der Waals surface area contributed by atoms with Gasteiger partial charge in [-0.15, -0.1) is 0 Å². The molecule has 5 aromatic rings. The van der Waals surface area contributed by atoms with E-state index in [0.29, 0.717) is 52.8 Å². The van der Waals surface area contributed by atoms with Crippen molar-refractivity contribution in [1.82, 2.24) is 39.3 Å². The van der Waals surface area contributed by atoms with E-state index in [-0.39, 0.29) is 18.4 Å². The van der Waals surface area contributed by atoms with Crippen LogP contribution in [0.1, 0.15) is 24.0 Å². The van der Waals surface area contributed by atoms with Crippen molar-refractivity contribution in [3.63, 3.8) is 0 Å². The van der Waals surface area contributed by atoms with Gasteiger partial charge < -0.3 is 25.9 Å². The van der Waals surface area contributed by atoms with E-state index in [1.165, 1.54) is 6.33 Å². The lowest BCUT2D eigenvalue weighted by Crippen LogP contribution is -2.20. The number of nitrogens with one attached hydrogen (secondary N) is 3. The molecule has 0 aliphatic heterocycles. The summed E-state index contributed by atoms with van der Waals surface area (Å²) in [4.78, 5) is 33.3. The average Bonchev–Trinajstić information content (AvgIpc) is 3.53. The minimum atomic E-state index is -0.246. The molecule has 176 valence electrons. The lowest BCUT2D eigenvalue weighted by atomic mass is 10.2. The van der Waals surface area contributed by atoms with Crippen LogP contribution >= 0.6 is 0 Å². The number of imidazole rings is 2. The van der Waals surface area contributed by atoms with Crippen molar-refractivity contribution < 1.29 is 4.79 Å². The summed E-state index contributed by atoms with van der Waals surface area (Å²) in [6.07, 6.45) is 1.52. The predicted molar refractivity (Wildman–Crippen MR) is 129 cm³/mol. The minimum absolute atomic E-state index is 0.00880. The van der Waals surface area contributed by atoms with Crippen LogP contribution in [0.15, 0.2) is 30.6 Å². The van der Waals surface area contributed by atoms with Gasteiger partial charge in [-0.3, -0.25) is 4.79 Å². The second-order valence-electron chi connectivity index (χ2n) is 7.89. The van der Waals surface area contributed by atoms with Crippen molar-refractivity contribution >= 4 is 45.7 Å². The quantitative estimate of drug-likeness (QED) is 0.276. The van der Waals surface area contributed by atoms with Crippen molar-refractivity contribution in [2.45, 2.75) is 33.5 Å². The number of nitrogens with two attached hydrogens (primary N) is 1. The molecule has 35 heavy (non-hydrogen) atoms. The number of benzene rings is 1. The van der Waals surface area contributed by atoms with Crippen LogP contribution < -0.4 is 16.4 Å². The molecule has 0 aliphatic carbocycles. The molecule has 4 aromatic heterocycles. The predicted octanol–water partition coefficient (Wildman–Crippen LogP) is 1.93. The minimum Gasteiger partial charge on any atom is -0.368 e. The number of carbonyl (C=O) groups excluding carboxylic acids is 1. The molecular formula is C22H22N12O. The third kappa shape index (κ3) is 4.32. The highest BCUT2D eigenvalue weighted by molar-refractivity contribution is 5.91. The molecule has 0 saturated carbocycles. The van der Waals surface area contributed by atoms with Gasteiger partial charge in [-0.2, -0.15) is 20.3 Å². The second kappa shape index (κ2) is 8.75. The number of hydrogen-bond donors (Lipinski definition) is 4. The summed E-state index contributed by atoms with van der Waals surface area (Å²) in [7, 11) is 0. The first-order valence-electron chi connectivity index (χ1n) is 10.9. The van der Waals surface area contributed by atoms with Gasteiger partial charge in [0.15, 0.2) is 17.0 Å². The smallest absolute Gasteiger partial charge is 0.245 e. The number of aryl methyl sites for hydroxylation is 2. The second-order valence-corrected chi connectivity index (χ2v) is 7.89. The summed E-state index contributed by atoms with van der Waals surface area (Å²) in [5.74, 6) is 1.50. The van der Waals surface area contributed by atoms with Crippen molar-refractivity contribution in [2.24, 2.45) is 0 Å². The molecule has 1 aromatic carbocycles. The number of hydrogen-bond acceptors (Lipinski definition) is 9. The summed E-state index contributed by atoms with van der Waals surface area (Å²) in [5.41, 5.74) is 9.73. The summed E-state index contributed by atoms with van der Waals surface area (Å²) >= 11 is 0. The van der Waals surface area contributed by atoms with E-state index in [4.69, 9.17) is 11.0 Å². The largest absolute Gasteiger partial charge is 0.368 e. The number of fused-ring (bicyclic) bond motifs is 2. The summed E-state index contributed by atoms with van der Waals surface area (Å²) in [6.45, 7) is 4.77. The number of H-pyrrole nitrogens is 1. The van der Waals surface area contributed by atoms with E-state index in [1.807, 2.05) is 26.0 Å². The molecule has 1 amide bonds.